The first kappa shape index (κ1) is 30.4. The number of Topliss-reactive ketones (excluding diaryl/α,β-unsaturated/α-hetero) is 1. The van der Waals surface area contributed by atoms with Crippen LogP contribution in [0, 0.1) is 0 Å². The van der Waals surface area contributed by atoms with E-state index in [0.29, 0.717) is 18.5 Å². The van der Waals surface area contributed by atoms with Gasteiger partial charge < -0.3 is 32.7 Å². The van der Waals surface area contributed by atoms with Crippen molar-refractivity contribution in [2.75, 3.05) is 31.5 Å². The van der Waals surface area contributed by atoms with Crippen LogP contribution in [0.4, 0.5) is 5.69 Å². The smallest absolute Gasteiger partial charge is 0.290 e. The molecule has 0 saturated heterocycles. The molecule has 0 unspecified atom stereocenters. The van der Waals surface area contributed by atoms with Crippen molar-refractivity contribution in [2.24, 2.45) is 17.2 Å². The number of amides is 3. The molecule has 40 heavy (non-hydrogen) atoms. The molecule has 0 fully saturated rings. The van der Waals surface area contributed by atoms with E-state index in [1.54, 1.807) is 6.20 Å². The summed E-state index contributed by atoms with van der Waals surface area (Å²) in [6.45, 7) is 0.818. The van der Waals surface area contributed by atoms with Gasteiger partial charge in [0.25, 0.3) is 5.91 Å². The maximum atomic E-state index is 13.3. The summed E-state index contributed by atoms with van der Waals surface area (Å²) in [4.78, 5) is 55.5. The van der Waals surface area contributed by atoms with E-state index < -0.39 is 35.6 Å². The van der Waals surface area contributed by atoms with Gasteiger partial charge in [-0.05, 0) is 37.0 Å². The minimum Gasteiger partial charge on any atom is -0.343 e. The van der Waals surface area contributed by atoms with E-state index >= 15 is 0 Å². The molecule has 212 valence electrons. The number of benzene rings is 2. The lowest BCUT2D eigenvalue weighted by atomic mass is 10.0. The number of pyridine rings is 1. The fraction of sp³-hybridized carbons (Fsp3) is 0.345. The quantitative estimate of drug-likeness (QED) is 0.167. The number of hydrogen-bond donors (Lipinski definition) is 5. The van der Waals surface area contributed by atoms with Crippen LogP contribution in [0.25, 0.3) is 10.9 Å². The highest BCUT2D eigenvalue weighted by atomic mass is 16.2. The summed E-state index contributed by atoms with van der Waals surface area (Å²) >= 11 is 0. The predicted octanol–water partition coefficient (Wildman–Crippen LogP) is 0.133. The van der Waals surface area contributed by atoms with Crippen molar-refractivity contribution < 1.29 is 24.2 Å². The fourth-order valence-electron chi connectivity index (χ4n) is 4.25. The Kier molecular flexibility index (Phi) is 11.7. The zero-order valence-electron chi connectivity index (χ0n) is 22.5. The van der Waals surface area contributed by atoms with Crippen molar-refractivity contribution in [3.8, 4) is 0 Å². The van der Waals surface area contributed by atoms with Crippen LogP contribution in [-0.4, -0.2) is 66.7 Å². The molecule has 1 aromatic heterocycles. The van der Waals surface area contributed by atoms with Gasteiger partial charge in [0.2, 0.25) is 23.1 Å². The third kappa shape index (κ3) is 8.94. The van der Waals surface area contributed by atoms with Crippen LogP contribution in [0.2, 0.25) is 0 Å². The normalized spacial score (nSPS) is 12.4. The average molecular weight is 549 g/mol. The Labute approximate surface area is 233 Å². The number of hydrogen-bond acceptors (Lipinski definition) is 7. The molecule has 0 aliphatic heterocycles. The number of nitrogens with zero attached hydrogens (tertiary/aromatic N) is 1. The van der Waals surface area contributed by atoms with Crippen molar-refractivity contribution in [2.45, 2.75) is 37.8 Å². The molecule has 0 radical (unpaired) electrons. The third-order valence-electron chi connectivity index (χ3n) is 6.46. The summed E-state index contributed by atoms with van der Waals surface area (Å²) < 4.78 is 0. The molecule has 3 rings (SSSR count). The predicted molar refractivity (Wildman–Crippen MR) is 153 cm³/mol. The second kappa shape index (κ2) is 15.4. The number of anilines is 1. The molecule has 0 bridgehead atoms. The zero-order valence-corrected chi connectivity index (χ0v) is 22.5. The van der Waals surface area contributed by atoms with Crippen LogP contribution < -0.4 is 32.8 Å². The molecule has 9 N–H and O–H groups in total. The summed E-state index contributed by atoms with van der Waals surface area (Å²) in [6.07, 6.45) is 2.29. The molecule has 0 spiro atoms. The van der Waals surface area contributed by atoms with E-state index in [-0.39, 0.29) is 39.0 Å². The summed E-state index contributed by atoms with van der Waals surface area (Å²) in [6, 6.07) is 17.1. The number of aromatic nitrogens is 1. The van der Waals surface area contributed by atoms with Crippen molar-refractivity contribution in [1.29, 1.82) is 0 Å². The van der Waals surface area contributed by atoms with Gasteiger partial charge in [-0.25, -0.2) is 4.98 Å². The van der Waals surface area contributed by atoms with Crippen LogP contribution in [0.5, 0.6) is 0 Å². The number of fused-ring (bicyclic) bond motifs is 1. The average Bonchev–Trinajstić information content (AvgIpc) is 2.97. The Morgan fingerprint density at radius 1 is 0.875 bits per heavy atom. The summed E-state index contributed by atoms with van der Waals surface area (Å²) in [5, 5.41) is 6.52. The highest BCUT2D eigenvalue weighted by Gasteiger charge is 2.26. The van der Waals surface area contributed by atoms with Gasteiger partial charge in [-0.15, -0.1) is 0 Å². The van der Waals surface area contributed by atoms with Gasteiger partial charge >= 0.3 is 0 Å². The van der Waals surface area contributed by atoms with Gasteiger partial charge in [0.1, 0.15) is 11.7 Å². The van der Waals surface area contributed by atoms with Crippen LogP contribution >= 0.6 is 0 Å². The minimum absolute atomic E-state index is 0.0534. The first-order valence-electron chi connectivity index (χ1n) is 13.4. The van der Waals surface area contributed by atoms with Crippen LogP contribution in [0.1, 0.15) is 24.8 Å². The van der Waals surface area contributed by atoms with Crippen molar-refractivity contribution in [1.82, 2.24) is 10.2 Å². The van der Waals surface area contributed by atoms with Crippen molar-refractivity contribution in [3.63, 3.8) is 0 Å². The van der Waals surface area contributed by atoms with E-state index in [9.17, 15) is 19.2 Å². The summed E-state index contributed by atoms with van der Waals surface area (Å²) in [5.74, 6) is -2.35. The van der Waals surface area contributed by atoms with E-state index in [4.69, 9.17) is 17.2 Å². The number of para-hydroxylation sites is 1. The first-order valence-corrected chi connectivity index (χ1v) is 13.4. The number of aryl methyl sites for hydroxylation is 1. The highest BCUT2D eigenvalue weighted by molar-refractivity contribution is 6.36. The standard InChI is InChI=1S/C29H37N7O4/c30-14-16-36(17-15-31)29(40)26(37)13-11-23(32)27(38)35-25(12-10-20-6-2-1-3-7-20)28(39)34-22-18-21-8-4-5-9-24(21)33-19-22/h1-9,18-19,23,25H,10-17,30-32H2,(H,34,39)(H,35,38)/p+1/t23-,25-/m0/s1. The monoisotopic (exact) mass is 548 g/mol. The van der Waals surface area contributed by atoms with Crippen molar-refractivity contribution >= 4 is 40.1 Å². The molecule has 2 aromatic carbocycles. The van der Waals surface area contributed by atoms with Gasteiger partial charge in [-0.3, -0.25) is 19.2 Å². The van der Waals surface area contributed by atoms with Gasteiger partial charge in [0.15, 0.2) is 6.20 Å². The van der Waals surface area contributed by atoms with Gasteiger partial charge in [-0.2, -0.15) is 0 Å². The van der Waals surface area contributed by atoms with Crippen LogP contribution in [-0.2, 0) is 25.6 Å². The van der Waals surface area contributed by atoms with Gasteiger partial charge in [-0.1, -0.05) is 42.5 Å². The van der Waals surface area contributed by atoms with E-state index in [2.05, 4.69) is 15.6 Å². The second-order valence-corrected chi connectivity index (χ2v) is 9.49. The Hall–Kier alpha value is -4.19. The molecule has 3 aromatic rings. The molecule has 0 saturated carbocycles. The van der Waals surface area contributed by atoms with Gasteiger partial charge in [0.05, 0.1) is 6.04 Å². The maximum Gasteiger partial charge on any atom is 0.290 e. The topological polar surface area (TPSA) is 188 Å². The number of carbonyl (C=O) groups is 4. The van der Waals surface area contributed by atoms with E-state index in [1.165, 1.54) is 4.90 Å². The molecule has 0 aliphatic rings. The molecule has 11 nitrogen and oxygen atoms in total. The minimum atomic E-state index is -1.09. The van der Waals surface area contributed by atoms with E-state index in [0.717, 1.165) is 16.5 Å². The number of nitrogens with one attached hydrogen (secondary N) is 3. The molecule has 3 amide bonds. The Morgan fingerprint density at radius 2 is 1.55 bits per heavy atom. The number of rotatable bonds is 15. The molecule has 0 aliphatic carbocycles. The first-order chi connectivity index (χ1) is 19.3. The Morgan fingerprint density at radius 3 is 2.25 bits per heavy atom. The number of aromatic amines is 1. The van der Waals surface area contributed by atoms with Crippen molar-refractivity contribution in [3.05, 3.63) is 72.4 Å². The summed E-state index contributed by atoms with van der Waals surface area (Å²) in [5.41, 5.74) is 19.6. The maximum absolute atomic E-state index is 13.3. The lowest BCUT2D eigenvalue weighted by Gasteiger charge is -2.22. The number of nitrogens with two attached hydrogens (primary N) is 3. The van der Waals surface area contributed by atoms with Gasteiger partial charge in [0, 0.05) is 44.1 Å². The Bertz CT molecular complexity index is 1300. The van der Waals surface area contributed by atoms with Crippen LogP contribution in [0.15, 0.2) is 66.9 Å². The molecular formula is C29H38N7O4+. The molecule has 11 heteroatoms. The largest absolute Gasteiger partial charge is 0.343 e. The second-order valence-electron chi connectivity index (χ2n) is 9.49. The molecular weight excluding hydrogens is 510 g/mol. The zero-order chi connectivity index (χ0) is 28.9. The SMILES string of the molecule is NCCN(CCN)C(=O)C(=O)CC[C@H](N)C(=O)N[C@@H](CCc1ccccc1)C(=O)Nc1c[nH+]c2ccccc2c1. The molecule has 1 heterocycles. The third-order valence-corrected chi connectivity index (χ3v) is 6.46. The molecule has 2 atom stereocenters. The number of H-pyrrole nitrogens is 1. The fourth-order valence-corrected chi connectivity index (χ4v) is 4.25. The lowest BCUT2D eigenvalue weighted by molar-refractivity contribution is -0.343. The highest BCUT2D eigenvalue weighted by Crippen LogP contribution is 2.15. The Balaban J connectivity index is 1.64. The number of carbonyl (C=O) groups excluding carboxylic acids is 4. The van der Waals surface area contributed by atoms with Crippen LogP contribution in [0.3, 0.4) is 0 Å². The lowest BCUT2D eigenvalue weighted by Crippen LogP contribution is -2.50. The number of ketones is 1. The summed E-state index contributed by atoms with van der Waals surface area (Å²) in [7, 11) is 0. The van der Waals surface area contributed by atoms with E-state index in [1.807, 2.05) is 60.7 Å².